The van der Waals surface area contributed by atoms with Gasteiger partial charge in [-0.05, 0) is 25.3 Å². The molecular formula is C10H18N2. The predicted molar refractivity (Wildman–Crippen MR) is 51.4 cm³/mol. The van der Waals surface area contributed by atoms with Gasteiger partial charge in [0, 0.05) is 12.2 Å². The summed E-state index contributed by atoms with van der Waals surface area (Å²) in [5.41, 5.74) is 2.56. The quantitative estimate of drug-likeness (QED) is 0.675. The van der Waals surface area contributed by atoms with E-state index in [-0.39, 0.29) is 0 Å². The van der Waals surface area contributed by atoms with Gasteiger partial charge in [-0.15, -0.1) is 0 Å². The molecule has 0 aliphatic heterocycles. The van der Waals surface area contributed by atoms with Crippen molar-refractivity contribution in [1.82, 2.24) is 9.78 Å². The van der Waals surface area contributed by atoms with Crippen LogP contribution in [0.5, 0.6) is 0 Å². The molecule has 1 aromatic rings. The summed E-state index contributed by atoms with van der Waals surface area (Å²) in [4.78, 5) is 0. The lowest BCUT2D eigenvalue weighted by Gasteiger charge is -2.06. The van der Waals surface area contributed by atoms with Gasteiger partial charge >= 0.3 is 0 Å². The maximum Gasteiger partial charge on any atom is 0.0624 e. The van der Waals surface area contributed by atoms with Crippen LogP contribution in [-0.2, 0) is 13.0 Å². The van der Waals surface area contributed by atoms with E-state index in [2.05, 4.69) is 43.5 Å². The minimum Gasteiger partial charge on any atom is -0.269 e. The maximum absolute atomic E-state index is 4.49. The van der Waals surface area contributed by atoms with Gasteiger partial charge in [-0.1, -0.05) is 20.8 Å². The van der Waals surface area contributed by atoms with Crippen molar-refractivity contribution in [2.45, 2.75) is 46.6 Å². The van der Waals surface area contributed by atoms with Crippen molar-refractivity contribution in [3.8, 4) is 0 Å². The van der Waals surface area contributed by atoms with Crippen molar-refractivity contribution in [1.29, 1.82) is 0 Å². The molecule has 0 saturated heterocycles. The number of aryl methyl sites for hydroxylation is 2. The van der Waals surface area contributed by atoms with Gasteiger partial charge in [0.1, 0.15) is 0 Å². The molecule has 68 valence electrons. The molecule has 0 N–H and O–H groups in total. The van der Waals surface area contributed by atoms with Crippen LogP contribution in [0.25, 0.3) is 0 Å². The smallest absolute Gasteiger partial charge is 0.0624 e. The number of hydrogen-bond donors (Lipinski definition) is 0. The predicted octanol–water partition coefficient (Wildman–Crippen LogP) is 2.59. The Labute approximate surface area is 74.6 Å². The summed E-state index contributed by atoms with van der Waals surface area (Å²) in [7, 11) is 0. The number of rotatable bonds is 3. The Morgan fingerprint density at radius 1 is 1.42 bits per heavy atom. The van der Waals surface area contributed by atoms with E-state index in [9.17, 15) is 0 Å². The van der Waals surface area contributed by atoms with Crippen molar-refractivity contribution in [3.63, 3.8) is 0 Å². The molecule has 2 heteroatoms. The fourth-order valence-electron chi connectivity index (χ4n) is 1.38. The summed E-state index contributed by atoms with van der Waals surface area (Å²) < 4.78 is 2.10. The molecule has 1 aromatic heterocycles. The Balaban J connectivity index is 3.00. The monoisotopic (exact) mass is 166 g/mol. The van der Waals surface area contributed by atoms with Crippen molar-refractivity contribution < 1.29 is 0 Å². The first-order valence-electron chi connectivity index (χ1n) is 4.75. The van der Waals surface area contributed by atoms with Crippen LogP contribution in [0.3, 0.4) is 0 Å². The summed E-state index contributed by atoms with van der Waals surface area (Å²) in [5.74, 6) is 0.581. The zero-order chi connectivity index (χ0) is 9.14. The molecule has 0 fully saturated rings. The van der Waals surface area contributed by atoms with Gasteiger partial charge in [0.25, 0.3) is 0 Å². The number of hydrogen-bond acceptors (Lipinski definition) is 1. The second-order valence-electron chi connectivity index (χ2n) is 3.38. The van der Waals surface area contributed by atoms with Crippen molar-refractivity contribution >= 4 is 0 Å². The first-order valence-corrected chi connectivity index (χ1v) is 4.75. The summed E-state index contributed by atoms with van der Waals surface area (Å²) in [6.45, 7) is 9.68. The lowest BCUT2D eigenvalue weighted by Crippen LogP contribution is -2.03. The van der Waals surface area contributed by atoms with Gasteiger partial charge in [-0.25, -0.2) is 0 Å². The molecule has 1 heterocycles. The topological polar surface area (TPSA) is 17.8 Å². The SMILES string of the molecule is CCc1cc(C(C)C)n(CC)n1. The highest BCUT2D eigenvalue weighted by Crippen LogP contribution is 2.15. The van der Waals surface area contributed by atoms with Gasteiger partial charge in [0.15, 0.2) is 0 Å². The largest absolute Gasteiger partial charge is 0.269 e. The third kappa shape index (κ3) is 1.68. The second kappa shape index (κ2) is 3.74. The highest BCUT2D eigenvalue weighted by atomic mass is 15.3. The average Bonchev–Trinajstić information content (AvgIpc) is 2.47. The van der Waals surface area contributed by atoms with E-state index in [0.29, 0.717) is 5.92 Å². The van der Waals surface area contributed by atoms with Crippen LogP contribution in [0, 0.1) is 0 Å². The summed E-state index contributed by atoms with van der Waals surface area (Å²) >= 11 is 0. The van der Waals surface area contributed by atoms with Crippen LogP contribution < -0.4 is 0 Å². The highest BCUT2D eigenvalue weighted by molar-refractivity contribution is 5.13. The van der Waals surface area contributed by atoms with E-state index in [1.807, 2.05) is 0 Å². The molecule has 0 aliphatic carbocycles. The summed E-state index contributed by atoms with van der Waals surface area (Å²) in [6, 6.07) is 2.22. The molecule has 2 nitrogen and oxygen atoms in total. The van der Waals surface area contributed by atoms with E-state index in [1.165, 1.54) is 11.4 Å². The van der Waals surface area contributed by atoms with E-state index < -0.39 is 0 Å². The molecule has 0 spiro atoms. The van der Waals surface area contributed by atoms with Crippen molar-refractivity contribution in [2.75, 3.05) is 0 Å². The van der Waals surface area contributed by atoms with Crippen LogP contribution in [0.1, 0.15) is 45.0 Å². The normalized spacial score (nSPS) is 11.1. The lowest BCUT2D eigenvalue weighted by molar-refractivity contribution is 0.592. The zero-order valence-electron chi connectivity index (χ0n) is 8.46. The standard InChI is InChI=1S/C10H18N2/c1-5-9-7-10(8(3)4)12(6-2)11-9/h7-8H,5-6H2,1-4H3. The van der Waals surface area contributed by atoms with Crippen LogP contribution in [0.2, 0.25) is 0 Å². The lowest BCUT2D eigenvalue weighted by atomic mass is 10.1. The molecular weight excluding hydrogens is 148 g/mol. The van der Waals surface area contributed by atoms with E-state index >= 15 is 0 Å². The maximum atomic E-state index is 4.49. The molecule has 0 unspecified atom stereocenters. The van der Waals surface area contributed by atoms with Crippen LogP contribution >= 0.6 is 0 Å². The highest BCUT2D eigenvalue weighted by Gasteiger charge is 2.07. The molecule has 0 radical (unpaired) electrons. The van der Waals surface area contributed by atoms with Crippen molar-refractivity contribution in [3.05, 3.63) is 17.5 Å². The first-order chi connectivity index (χ1) is 5.69. The van der Waals surface area contributed by atoms with E-state index in [4.69, 9.17) is 0 Å². The average molecular weight is 166 g/mol. The van der Waals surface area contributed by atoms with E-state index in [0.717, 1.165) is 13.0 Å². The Morgan fingerprint density at radius 3 is 2.42 bits per heavy atom. The van der Waals surface area contributed by atoms with E-state index in [1.54, 1.807) is 0 Å². The Kier molecular flexibility index (Phi) is 2.90. The Morgan fingerprint density at radius 2 is 2.08 bits per heavy atom. The molecule has 0 amide bonds. The first kappa shape index (κ1) is 9.30. The third-order valence-corrected chi connectivity index (χ3v) is 2.12. The van der Waals surface area contributed by atoms with Crippen LogP contribution in [-0.4, -0.2) is 9.78 Å². The fourth-order valence-corrected chi connectivity index (χ4v) is 1.38. The van der Waals surface area contributed by atoms with Gasteiger partial charge in [0.2, 0.25) is 0 Å². The molecule has 0 bridgehead atoms. The Hall–Kier alpha value is -0.790. The van der Waals surface area contributed by atoms with Crippen LogP contribution in [0.4, 0.5) is 0 Å². The summed E-state index contributed by atoms with van der Waals surface area (Å²) in [5, 5.41) is 4.49. The minimum absolute atomic E-state index is 0.581. The molecule has 12 heavy (non-hydrogen) atoms. The minimum atomic E-state index is 0.581. The van der Waals surface area contributed by atoms with Gasteiger partial charge in [0.05, 0.1) is 5.69 Å². The number of nitrogens with zero attached hydrogens (tertiary/aromatic N) is 2. The van der Waals surface area contributed by atoms with Gasteiger partial charge in [-0.2, -0.15) is 5.10 Å². The number of aromatic nitrogens is 2. The molecule has 0 atom stereocenters. The summed E-state index contributed by atoms with van der Waals surface area (Å²) in [6.07, 6.45) is 1.03. The molecule has 1 rings (SSSR count). The Bertz CT molecular complexity index is 248. The molecule has 0 aromatic carbocycles. The van der Waals surface area contributed by atoms with Crippen molar-refractivity contribution in [2.24, 2.45) is 0 Å². The molecule has 0 aliphatic rings. The second-order valence-corrected chi connectivity index (χ2v) is 3.38. The molecule has 0 saturated carbocycles. The zero-order valence-corrected chi connectivity index (χ0v) is 8.46. The third-order valence-electron chi connectivity index (χ3n) is 2.12. The fraction of sp³-hybridized carbons (Fsp3) is 0.700. The van der Waals surface area contributed by atoms with Crippen LogP contribution in [0.15, 0.2) is 6.07 Å². The van der Waals surface area contributed by atoms with Gasteiger partial charge < -0.3 is 0 Å². The van der Waals surface area contributed by atoms with Gasteiger partial charge in [-0.3, -0.25) is 4.68 Å².